The van der Waals surface area contributed by atoms with Crippen LogP contribution in [0.4, 0.5) is 14.9 Å². The number of hydrogen-bond donors (Lipinski definition) is 1. The molecule has 3 aromatic rings. The lowest BCUT2D eigenvalue weighted by molar-refractivity contribution is -0.121. The van der Waals surface area contributed by atoms with Crippen molar-refractivity contribution in [2.45, 2.75) is 36.2 Å². The SMILES string of the molecule is CCOc1ncccc1C1(NC(=O)N2CCN(C3CCN(C)CC3)CC2)C(=O)N(S(=O)(=O)c2ccccc2OC)c2cc(F)c(C#N)cc21. The number of para-hydroxylation sites is 1. The van der Waals surface area contributed by atoms with E-state index in [0.717, 1.165) is 38.1 Å². The number of nitrogens with one attached hydrogen (secondary N) is 1. The minimum Gasteiger partial charge on any atom is -0.495 e. The average molecular weight is 692 g/mol. The number of piperazine rings is 1. The van der Waals surface area contributed by atoms with Crippen LogP contribution in [0.2, 0.25) is 0 Å². The number of sulfonamides is 1. The Morgan fingerprint density at radius 3 is 2.47 bits per heavy atom. The molecular formula is C34H38FN7O6S. The summed E-state index contributed by atoms with van der Waals surface area (Å²) in [6.07, 6.45) is 3.50. The number of nitriles is 1. The summed E-state index contributed by atoms with van der Waals surface area (Å²) in [7, 11) is -1.41. The number of methoxy groups -OCH3 is 1. The minimum absolute atomic E-state index is 0.0228. The standard InChI is InChI=1S/C34H38FN7O6S/c1-4-48-31-25(8-7-13-37-31)34(38-33(44)41-18-16-40(17-19-41)24-11-14-39(2)15-12-24)26-20-23(22-36)27(35)21-28(26)42(32(34)43)49(45,46)30-10-6-5-9-29(30)47-3/h5-10,13,20-21,24H,4,11-12,14-19H2,1-3H3,(H,38,44). The van der Waals surface area contributed by atoms with Crippen LogP contribution in [0, 0.1) is 17.1 Å². The number of urea groups is 1. The van der Waals surface area contributed by atoms with Crippen LogP contribution >= 0.6 is 0 Å². The smallest absolute Gasteiger partial charge is 0.318 e. The minimum atomic E-state index is -4.80. The molecule has 4 heterocycles. The predicted molar refractivity (Wildman–Crippen MR) is 177 cm³/mol. The molecule has 1 N–H and O–H groups in total. The molecule has 2 aromatic carbocycles. The number of pyridine rings is 1. The first-order valence-electron chi connectivity index (χ1n) is 16.1. The number of fused-ring (bicyclic) bond motifs is 1. The van der Waals surface area contributed by atoms with E-state index in [0.29, 0.717) is 36.5 Å². The number of benzene rings is 2. The van der Waals surface area contributed by atoms with Crippen LogP contribution in [0.3, 0.4) is 0 Å². The van der Waals surface area contributed by atoms with Crippen molar-refractivity contribution >= 4 is 27.6 Å². The maximum absolute atomic E-state index is 15.4. The second-order valence-corrected chi connectivity index (χ2v) is 14.0. The van der Waals surface area contributed by atoms with Crippen LogP contribution in [0.1, 0.15) is 36.5 Å². The number of nitrogens with zero attached hydrogens (tertiary/aromatic N) is 6. The van der Waals surface area contributed by atoms with Crippen molar-refractivity contribution in [2.24, 2.45) is 0 Å². The Balaban J connectivity index is 1.47. The molecule has 15 heteroatoms. The molecule has 0 bridgehead atoms. The van der Waals surface area contributed by atoms with Crippen LogP contribution < -0.4 is 19.1 Å². The van der Waals surface area contributed by atoms with E-state index < -0.39 is 38.9 Å². The van der Waals surface area contributed by atoms with Gasteiger partial charge in [0.25, 0.3) is 15.9 Å². The fourth-order valence-corrected chi connectivity index (χ4v) is 8.55. The largest absolute Gasteiger partial charge is 0.495 e. The highest BCUT2D eigenvalue weighted by Gasteiger charge is 2.59. The van der Waals surface area contributed by atoms with Gasteiger partial charge in [0.05, 0.1) is 30.5 Å². The number of carbonyl (C=O) groups excluding carboxylic acids is 2. The van der Waals surface area contributed by atoms with Crippen molar-refractivity contribution in [3.05, 3.63) is 77.2 Å². The maximum atomic E-state index is 15.4. The zero-order valence-electron chi connectivity index (χ0n) is 27.6. The van der Waals surface area contributed by atoms with Gasteiger partial charge in [0.2, 0.25) is 5.88 Å². The summed E-state index contributed by atoms with van der Waals surface area (Å²) in [5.74, 6) is -2.27. The Morgan fingerprint density at radius 1 is 1.08 bits per heavy atom. The summed E-state index contributed by atoms with van der Waals surface area (Å²) in [5.41, 5.74) is -3.21. The summed E-state index contributed by atoms with van der Waals surface area (Å²) in [5, 5.41) is 12.7. The van der Waals surface area contributed by atoms with E-state index in [1.807, 2.05) is 0 Å². The lowest BCUT2D eigenvalue weighted by Crippen LogP contribution is -2.61. The van der Waals surface area contributed by atoms with E-state index in [4.69, 9.17) is 9.47 Å². The maximum Gasteiger partial charge on any atom is 0.318 e. The van der Waals surface area contributed by atoms with E-state index in [1.54, 1.807) is 24.0 Å². The summed E-state index contributed by atoms with van der Waals surface area (Å²) >= 11 is 0. The predicted octanol–water partition coefficient (Wildman–Crippen LogP) is 2.90. The third kappa shape index (κ3) is 5.94. The van der Waals surface area contributed by atoms with E-state index in [-0.39, 0.29) is 39.9 Å². The number of amides is 3. The van der Waals surface area contributed by atoms with Gasteiger partial charge in [-0.15, -0.1) is 0 Å². The van der Waals surface area contributed by atoms with Gasteiger partial charge in [-0.25, -0.2) is 22.6 Å². The van der Waals surface area contributed by atoms with Crippen LogP contribution in [0.15, 0.2) is 59.6 Å². The molecule has 1 aromatic heterocycles. The molecule has 0 spiro atoms. The van der Waals surface area contributed by atoms with E-state index in [1.165, 1.54) is 43.6 Å². The number of anilines is 1. The van der Waals surface area contributed by atoms with Crippen molar-refractivity contribution in [3.8, 4) is 17.7 Å². The quantitative estimate of drug-likeness (QED) is 0.374. The number of ether oxygens (including phenoxy) is 2. The Bertz CT molecular complexity index is 1900. The lowest BCUT2D eigenvalue weighted by Gasteiger charge is -2.43. The summed E-state index contributed by atoms with van der Waals surface area (Å²) in [6, 6.07) is 12.2. The number of piperidine rings is 1. The van der Waals surface area contributed by atoms with Crippen molar-refractivity contribution in [2.75, 3.05) is 64.3 Å². The number of rotatable bonds is 8. The zero-order valence-corrected chi connectivity index (χ0v) is 28.4. The summed E-state index contributed by atoms with van der Waals surface area (Å²) in [4.78, 5) is 39.5. The van der Waals surface area contributed by atoms with Gasteiger partial charge >= 0.3 is 6.03 Å². The normalized spacial score (nSPS) is 20.5. The van der Waals surface area contributed by atoms with Gasteiger partial charge in [-0.05, 0) is 70.2 Å². The number of halogens is 1. The zero-order chi connectivity index (χ0) is 34.9. The summed E-state index contributed by atoms with van der Waals surface area (Å²) in [6.45, 7) is 5.80. The first-order valence-corrected chi connectivity index (χ1v) is 17.6. The third-order valence-corrected chi connectivity index (χ3v) is 11.2. The van der Waals surface area contributed by atoms with Crippen molar-refractivity contribution in [1.29, 1.82) is 5.26 Å². The fraction of sp³-hybridized carbons (Fsp3) is 0.412. The average Bonchev–Trinajstić information content (AvgIpc) is 3.35. The highest BCUT2D eigenvalue weighted by atomic mass is 32.2. The lowest BCUT2D eigenvalue weighted by atomic mass is 9.83. The van der Waals surface area contributed by atoms with Crippen LogP contribution in [0.25, 0.3) is 0 Å². The van der Waals surface area contributed by atoms with Gasteiger partial charge in [-0.2, -0.15) is 9.57 Å². The molecule has 1 atom stereocenters. The molecule has 2 saturated heterocycles. The molecule has 0 saturated carbocycles. The Hall–Kier alpha value is -4.78. The molecule has 3 aliphatic heterocycles. The van der Waals surface area contributed by atoms with Gasteiger partial charge in [0.1, 0.15) is 22.5 Å². The molecular weight excluding hydrogens is 653 g/mol. The molecule has 2 fully saturated rings. The number of aromatic nitrogens is 1. The van der Waals surface area contributed by atoms with Gasteiger partial charge in [-0.1, -0.05) is 12.1 Å². The molecule has 13 nitrogen and oxygen atoms in total. The third-order valence-electron chi connectivity index (χ3n) is 9.48. The molecule has 0 radical (unpaired) electrons. The first-order chi connectivity index (χ1) is 23.6. The first kappa shape index (κ1) is 34.1. The van der Waals surface area contributed by atoms with Gasteiger partial charge in [-0.3, -0.25) is 9.69 Å². The van der Waals surface area contributed by atoms with Crippen molar-refractivity contribution < 1.29 is 31.9 Å². The van der Waals surface area contributed by atoms with Crippen molar-refractivity contribution in [1.82, 2.24) is 25.0 Å². The molecule has 3 amide bonds. The molecule has 0 aliphatic carbocycles. The van der Waals surface area contributed by atoms with E-state index in [9.17, 15) is 18.5 Å². The van der Waals surface area contributed by atoms with Crippen LogP contribution in [-0.2, 0) is 20.4 Å². The highest BCUT2D eigenvalue weighted by molar-refractivity contribution is 7.93. The number of likely N-dealkylation sites (tertiary alicyclic amines) is 1. The fourth-order valence-electron chi connectivity index (χ4n) is 6.93. The second kappa shape index (κ2) is 13.6. The molecule has 258 valence electrons. The van der Waals surface area contributed by atoms with Crippen molar-refractivity contribution in [3.63, 3.8) is 0 Å². The van der Waals surface area contributed by atoms with E-state index >= 15 is 9.18 Å². The molecule has 49 heavy (non-hydrogen) atoms. The number of carbonyl (C=O) groups is 2. The highest BCUT2D eigenvalue weighted by Crippen LogP contribution is 2.50. The Labute approximate surface area is 284 Å². The van der Waals surface area contributed by atoms with Crippen LogP contribution in [-0.4, -0.2) is 106 Å². The molecule has 3 aliphatic rings. The Kier molecular flexibility index (Phi) is 9.47. The number of hydrogen-bond acceptors (Lipinski definition) is 10. The van der Waals surface area contributed by atoms with E-state index in [2.05, 4.69) is 27.1 Å². The van der Waals surface area contributed by atoms with Gasteiger partial charge < -0.3 is 24.6 Å². The second-order valence-electron chi connectivity index (χ2n) is 12.2. The van der Waals surface area contributed by atoms with Gasteiger partial charge in [0, 0.05) is 50.0 Å². The monoisotopic (exact) mass is 691 g/mol. The topological polar surface area (TPSA) is 148 Å². The molecule has 1 unspecified atom stereocenters. The summed E-state index contributed by atoms with van der Waals surface area (Å²) < 4.78 is 55.8. The molecule has 6 rings (SSSR count). The van der Waals surface area contributed by atoms with Crippen LogP contribution in [0.5, 0.6) is 11.6 Å². The van der Waals surface area contributed by atoms with Gasteiger partial charge in [0.15, 0.2) is 5.54 Å². The Morgan fingerprint density at radius 2 is 1.80 bits per heavy atom.